The summed E-state index contributed by atoms with van der Waals surface area (Å²) < 4.78 is 7.68. The number of rotatable bonds is 6. The van der Waals surface area contributed by atoms with E-state index in [0.717, 1.165) is 16.8 Å². The summed E-state index contributed by atoms with van der Waals surface area (Å²) in [5, 5.41) is 4.66. The molecule has 2 N–H and O–H groups in total. The number of nitrogens with two attached hydrogens (primary N) is 1. The van der Waals surface area contributed by atoms with Crippen molar-refractivity contribution in [1.82, 2.24) is 14.7 Å². The number of nitrogens with zero attached hydrogens (tertiary/aromatic N) is 3. The molecular weight excluding hydrogens is 376 g/mol. The predicted octanol–water partition coefficient (Wildman–Crippen LogP) is 3.34. The van der Waals surface area contributed by atoms with Gasteiger partial charge >= 0.3 is 0 Å². The molecule has 0 radical (unpaired) electrons. The van der Waals surface area contributed by atoms with Gasteiger partial charge in [0.2, 0.25) is 0 Å². The number of methoxy groups -OCH3 is 1. The number of amides is 1. The van der Waals surface area contributed by atoms with Crippen LogP contribution in [0.4, 0.5) is 0 Å². The highest BCUT2D eigenvalue weighted by atomic mass is 35.5. The molecule has 1 atom stereocenters. The van der Waals surface area contributed by atoms with E-state index in [9.17, 15) is 4.79 Å². The number of ether oxygens (including phenoxy) is 1. The van der Waals surface area contributed by atoms with Gasteiger partial charge in [-0.25, -0.2) is 4.68 Å². The van der Waals surface area contributed by atoms with E-state index in [1.165, 1.54) is 0 Å². The zero-order valence-electron chi connectivity index (χ0n) is 16.5. The highest BCUT2D eigenvalue weighted by Crippen LogP contribution is 2.33. The largest absolute Gasteiger partial charge is 0.353 e. The monoisotopic (exact) mass is 402 g/mol. The normalized spacial score (nSPS) is 18.0. The van der Waals surface area contributed by atoms with Crippen molar-refractivity contribution in [3.63, 3.8) is 0 Å². The number of carbonyl (C=O) groups is 1. The molecule has 1 aromatic heterocycles. The minimum Gasteiger partial charge on any atom is -0.353 e. The second kappa shape index (κ2) is 9.19. The van der Waals surface area contributed by atoms with E-state index in [4.69, 9.17) is 10.5 Å². The second-order valence-corrected chi connectivity index (χ2v) is 6.59. The fraction of sp³-hybridized carbons (Fsp3) is 0.333. The molecule has 1 amide bonds. The third-order valence-corrected chi connectivity index (χ3v) is 4.96. The molecule has 1 aliphatic carbocycles. The topological polar surface area (TPSA) is 73.4 Å². The zero-order valence-corrected chi connectivity index (χ0v) is 17.3. The zero-order chi connectivity index (χ0) is 19.4. The average molecular weight is 403 g/mol. The van der Waals surface area contributed by atoms with Crippen molar-refractivity contribution >= 4 is 18.3 Å². The Kier molecular flexibility index (Phi) is 7.18. The third-order valence-electron chi connectivity index (χ3n) is 4.96. The van der Waals surface area contributed by atoms with Crippen LogP contribution in [0.5, 0.6) is 0 Å². The van der Waals surface area contributed by atoms with Crippen LogP contribution < -0.4 is 5.73 Å². The summed E-state index contributed by atoms with van der Waals surface area (Å²) in [7, 11) is 3.43. The SMILES string of the molecule is CCN(C)C(=O)c1cc(-c2ccc(CN)cc2)n(C2(OC)C=CC=CC2)n1.Cl. The Morgan fingerprint density at radius 1 is 1.32 bits per heavy atom. The van der Waals surface area contributed by atoms with Gasteiger partial charge in [-0.1, -0.05) is 42.5 Å². The minimum absolute atomic E-state index is 0. The van der Waals surface area contributed by atoms with Crippen LogP contribution in [0.2, 0.25) is 0 Å². The van der Waals surface area contributed by atoms with Gasteiger partial charge in [0.25, 0.3) is 5.91 Å². The van der Waals surface area contributed by atoms with E-state index in [1.54, 1.807) is 23.7 Å². The molecule has 150 valence electrons. The number of hydrogen-bond acceptors (Lipinski definition) is 4. The Bertz CT molecular complexity index is 873. The minimum atomic E-state index is -0.764. The molecule has 6 nitrogen and oxygen atoms in total. The number of allylic oxidation sites excluding steroid dienone is 2. The summed E-state index contributed by atoms with van der Waals surface area (Å²) in [4.78, 5) is 14.4. The lowest BCUT2D eigenvalue weighted by Crippen LogP contribution is -2.36. The first kappa shape index (κ1) is 21.9. The highest BCUT2D eigenvalue weighted by Gasteiger charge is 2.34. The van der Waals surface area contributed by atoms with Crippen molar-refractivity contribution in [1.29, 1.82) is 0 Å². The Morgan fingerprint density at radius 2 is 2.04 bits per heavy atom. The van der Waals surface area contributed by atoms with E-state index in [2.05, 4.69) is 5.10 Å². The Morgan fingerprint density at radius 3 is 2.57 bits per heavy atom. The van der Waals surface area contributed by atoms with Crippen LogP contribution in [-0.2, 0) is 17.0 Å². The van der Waals surface area contributed by atoms with Crippen molar-refractivity contribution < 1.29 is 9.53 Å². The Hall–Kier alpha value is -2.41. The fourth-order valence-corrected chi connectivity index (χ4v) is 3.11. The number of hydrogen-bond donors (Lipinski definition) is 1. The van der Waals surface area contributed by atoms with Gasteiger partial charge in [-0.15, -0.1) is 12.4 Å². The standard InChI is InChI=1S/C21H26N4O2.ClH/c1-4-24(2)20(26)18-14-19(17-10-8-16(15-22)9-11-17)25(23-18)21(27-3)12-6-5-7-13-21;/h5-12,14H,4,13,15,22H2,1-3H3;1H. The maximum Gasteiger partial charge on any atom is 0.274 e. The number of aromatic nitrogens is 2. The second-order valence-electron chi connectivity index (χ2n) is 6.59. The molecule has 0 saturated heterocycles. The van der Waals surface area contributed by atoms with Gasteiger partial charge in [0, 0.05) is 33.7 Å². The smallest absolute Gasteiger partial charge is 0.274 e. The lowest BCUT2D eigenvalue weighted by atomic mass is 10.0. The van der Waals surface area contributed by atoms with Crippen molar-refractivity contribution in [2.24, 2.45) is 5.73 Å². The van der Waals surface area contributed by atoms with Gasteiger partial charge in [-0.05, 0) is 30.2 Å². The molecule has 0 saturated carbocycles. The van der Waals surface area contributed by atoms with E-state index < -0.39 is 5.72 Å². The van der Waals surface area contributed by atoms with Gasteiger partial charge in [0.15, 0.2) is 11.4 Å². The van der Waals surface area contributed by atoms with Crippen LogP contribution in [0.1, 0.15) is 29.4 Å². The van der Waals surface area contributed by atoms with Gasteiger partial charge in [0.05, 0.1) is 5.69 Å². The van der Waals surface area contributed by atoms with Crippen LogP contribution in [0.25, 0.3) is 11.3 Å². The quantitative estimate of drug-likeness (QED) is 0.804. The first-order valence-electron chi connectivity index (χ1n) is 9.09. The van der Waals surface area contributed by atoms with E-state index in [0.29, 0.717) is 25.2 Å². The maximum atomic E-state index is 12.7. The van der Waals surface area contributed by atoms with Crippen LogP contribution in [0.15, 0.2) is 54.6 Å². The van der Waals surface area contributed by atoms with Crippen molar-refractivity contribution in [3.8, 4) is 11.3 Å². The lowest BCUT2D eigenvalue weighted by molar-refractivity contribution is -0.0413. The van der Waals surface area contributed by atoms with Gasteiger partial charge in [-0.3, -0.25) is 4.79 Å². The first-order chi connectivity index (χ1) is 13.0. The molecule has 0 aliphatic heterocycles. The van der Waals surface area contributed by atoms with Crippen molar-refractivity contribution in [2.45, 2.75) is 25.6 Å². The van der Waals surface area contributed by atoms with Crippen LogP contribution >= 0.6 is 12.4 Å². The summed E-state index contributed by atoms with van der Waals surface area (Å²) in [5.41, 5.74) is 8.18. The van der Waals surface area contributed by atoms with E-state index in [1.807, 2.05) is 61.6 Å². The van der Waals surface area contributed by atoms with Gasteiger partial charge < -0.3 is 15.4 Å². The summed E-state index contributed by atoms with van der Waals surface area (Å²) in [6, 6.07) is 9.81. The third kappa shape index (κ3) is 4.04. The summed E-state index contributed by atoms with van der Waals surface area (Å²) in [6.45, 7) is 3.04. The predicted molar refractivity (Wildman–Crippen MR) is 113 cm³/mol. The number of carbonyl (C=O) groups excluding carboxylic acids is 1. The highest BCUT2D eigenvalue weighted by molar-refractivity contribution is 5.93. The van der Waals surface area contributed by atoms with Gasteiger partial charge in [-0.2, -0.15) is 5.10 Å². The molecule has 0 bridgehead atoms. The average Bonchev–Trinajstić information content (AvgIpc) is 3.19. The van der Waals surface area contributed by atoms with E-state index in [-0.39, 0.29) is 18.3 Å². The Balaban J connectivity index is 0.00000280. The lowest BCUT2D eigenvalue weighted by Gasteiger charge is -2.31. The number of benzene rings is 1. The number of halogens is 1. The van der Waals surface area contributed by atoms with Crippen molar-refractivity contribution in [2.75, 3.05) is 20.7 Å². The first-order valence-corrected chi connectivity index (χ1v) is 9.09. The molecule has 1 heterocycles. The molecule has 1 aliphatic rings. The Labute approximate surface area is 172 Å². The molecule has 3 rings (SSSR count). The summed E-state index contributed by atoms with van der Waals surface area (Å²) >= 11 is 0. The molecule has 1 unspecified atom stereocenters. The molecule has 28 heavy (non-hydrogen) atoms. The van der Waals surface area contributed by atoms with Crippen LogP contribution in [0.3, 0.4) is 0 Å². The molecule has 1 aromatic carbocycles. The summed E-state index contributed by atoms with van der Waals surface area (Å²) in [6.07, 6.45) is 8.55. The molecule has 0 fully saturated rings. The molecule has 0 spiro atoms. The van der Waals surface area contributed by atoms with Gasteiger partial charge in [0.1, 0.15) is 0 Å². The molecule has 2 aromatic rings. The summed E-state index contributed by atoms with van der Waals surface area (Å²) in [5.74, 6) is -0.113. The van der Waals surface area contributed by atoms with Crippen molar-refractivity contribution in [3.05, 3.63) is 65.9 Å². The fourth-order valence-electron chi connectivity index (χ4n) is 3.11. The van der Waals surface area contributed by atoms with Crippen LogP contribution in [0, 0.1) is 0 Å². The maximum absolute atomic E-state index is 12.7. The van der Waals surface area contributed by atoms with E-state index >= 15 is 0 Å². The molecule has 7 heteroatoms. The van der Waals surface area contributed by atoms with Crippen LogP contribution in [-0.4, -0.2) is 41.3 Å². The molecular formula is C21H27ClN4O2.